The number of benzene rings is 2. The van der Waals surface area contributed by atoms with Crippen LogP contribution < -0.4 is 16.0 Å². The van der Waals surface area contributed by atoms with Crippen LogP contribution in [0.2, 0.25) is 0 Å². The molecule has 34 heavy (non-hydrogen) atoms. The number of nitrogens with one attached hydrogen (secondary N) is 3. The molecule has 4 atom stereocenters. The number of halogens is 1. The quantitative estimate of drug-likeness (QED) is 0.555. The maximum absolute atomic E-state index is 13.4. The van der Waals surface area contributed by atoms with Crippen LogP contribution in [0.1, 0.15) is 17.3 Å². The first kappa shape index (κ1) is 24.2. The summed E-state index contributed by atoms with van der Waals surface area (Å²) < 4.78 is 13.4. The number of imide groups is 1. The largest absolute Gasteiger partial charge is 0.355 e. The molecule has 2 aliphatic rings. The summed E-state index contributed by atoms with van der Waals surface area (Å²) in [6.07, 6.45) is -0.255. The summed E-state index contributed by atoms with van der Waals surface area (Å²) in [5.74, 6) is -1.23. The average Bonchev–Trinajstić information content (AvgIpc) is 2.85. The van der Waals surface area contributed by atoms with Gasteiger partial charge in [-0.3, -0.25) is 25.1 Å². The molecule has 2 fully saturated rings. The zero-order valence-electron chi connectivity index (χ0n) is 19.0. The van der Waals surface area contributed by atoms with Crippen molar-refractivity contribution in [2.75, 3.05) is 26.4 Å². The average molecular weight is 486 g/mol. The molecular weight excluding hydrogens is 457 g/mol. The monoisotopic (exact) mass is 485 g/mol. The topological polar surface area (TPSA) is 93.8 Å². The van der Waals surface area contributed by atoms with E-state index in [0.29, 0.717) is 6.54 Å². The highest BCUT2D eigenvalue weighted by atomic mass is 32.2. The first-order chi connectivity index (χ1) is 16.3. The molecule has 0 bridgehead atoms. The second-order valence-corrected chi connectivity index (χ2v) is 9.53. The Bertz CT molecular complexity index is 1040. The number of rotatable bonds is 7. The molecule has 3 N–H and O–H groups in total. The molecule has 2 heterocycles. The lowest BCUT2D eigenvalue weighted by Crippen LogP contribution is -2.72. The van der Waals surface area contributed by atoms with Gasteiger partial charge < -0.3 is 10.2 Å². The molecule has 8 nitrogen and oxygen atoms in total. The minimum absolute atomic E-state index is 0.128. The lowest BCUT2D eigenvalue weighted by Gasteiger charge is -2.50. The van der Waals surface area contributed by atoms with Gasteiger partial charge in [-0.2, -0.15) is 0 Å². The number of carbonyl (C=O) groups is 3. The summed E-state index contributed by atoms with van der Waals surface area (Å²) in [6.45, 7) is 0.520. The van der Waals surface area contributed by atoms with Gasteiger partial charge in [0.05, 0.1) is 29.4 Å². The van der Waals surface area contributed by atoms with Gasteiger partial charge in [-0.05, 0) is 29.7 Å². The first-order valence-corrected chi connectivity index (χ1v) is 12.1. The molecule has 2 aromatic carbocycles. The van der Waals surface area contributed by atoms with Crippen molar-refractivity contribution in [2.45, 2.75) is 24.1 Å². The summed E-state index contributed by atoms with van der Waals surface area (Å²) in [5, 5.41) is 9.16. The third kappa shape index (κ3) is 5.24. The van der Waals surface area contributed by atoms with Gasteiger partial charge in [0.2, 0.25) is 11.8 Å². The van der Waals surface area contributed by atoms with E-state index in [2.05, 4.69) is 16.0 Å². The van der Waals surface area contributed by atoms with Gasteiger partial charge in [0.25, 0.3) is 0 Å². The molecule has 10 heteroatoms. The van der Waals surface area contributed by atoms with Crippen LogP contribution in [0, 0.1) is 11.7 Å². The Labute approximate surface area is 202 Å². The van der Waals surface area contributed by atoms with Gasteiger partial charge in [0.15, 0.2) is 0 Å². The van der Waals surface area contributed by atoms with Crippen molar-refractivity contribution in [3.8, 4) is 0 Å². The molecule has 4 unspecified atom stereocenters. The fourth-order valence-electron chi connectivity index (χ4n) is 4.25. The minimum Gasteiger partial charge on any atom is -0.355 e. The molecule has 4 amide bonds. The number of thioether (sulfide) groups is 1. The van der Waals surface area contributed by atoms with E-state index >= 15 is 0 Å². The van der Waals surface area contributed by atoms with Crippen molar-refractivity contribution < 1.29 is 18.8 Å². The maximum Gasteiger partial charge on any atom is 0.327 e. The van der Waals surface area contributed by atoms with Crippen LogP contribution >= 0.6 is 11.8 Å². The Hall–Kier alpha value is -2.95. The Morgan fingerprint density at radius 3 is 2.47 bits per heavy atom. The summed E-state index contributed by atoms with van der Waals surface area (Å²) in [4.78, 5) is 40.7. The molecule has 2 aromatic rings. The van der Waals surface area contributed by atoms with Crippen molar-refractivity contribution in [1.29, 1.82) is 0 Å². The van der Waals surface area contributed by atoms with Crippen molar-refractivity contribution in [2.24, 2.45) is 5.92 Å². The zero-order valence-corrected chi connectivity index (χ0v) is 19.8. The van der Waals surface area contributed by atoms with Gasteiger partial charge in [-0.15, -0.1) is 11.8 Å². The zero-order chi connectivity index (χ0) is 24.2. The van der Waals surface area contributed by atoms with Gasteiger partial charge in [0, 0.05) is 20.6 Å². The van der Waals surface area contributed by atoms with E-state index in [4.69, 9.17) is 0 Å². The first-order valence-electron chi connectivity index (χ1n) is 11.1. The van der Waals surface area contributed by atoms with Crippen LogP contribution in [-0.4, -0.2) is 65.6 Å². The highest BCUT2D eigenvalue weighted by Gasteiger charge is 2.51. The Morgan fingerprint density at radius 2 is 1.76 bits per heavy atom. The Kier molecular flexibility index (Phi) is 7.50. The van der Waals surface area contributed by atoms with E-state index in [1.54, 1.807) is 19.2 Å². The molecular formula is C24H28FN5O3S. The molecule has 2 aliphatic heterocycles. The highest BCUT2D eigenvalue weighted by Crippen LogP contribution is 2.34. The van der Waals surface area contributed by atoms with E-state index in [-0.39, 0.29) is 23.4 Å². The van der Waals surface area contributed by atoms with Crippen molar-refractivity contribution >= 4 is 29.6 Å². The Balaban J connectivity index is 1.44. The standard InChI is InChI=1S/C24H28FN5O3S/c1-29-21-19(23(32)30(2)24(29)33)22(28-20(27-21)16-8-10-17(25)11-9-16)34-14-18(31)26-13-12-15-6-4-3-5-7-15/h3-11,19-22,27-28H,12-14H2,1-2H3,(H,26,31). The number of carbonyl (C=O) groups excluding carboxylic acids is 3. The molecule has 0 saturated carbocycles. The Morgan fingerprint density at radius 1 is 1.06 bits per heavy atom. The van der Waals surface area contributed by atoms with E-state index in [1.165, 1.54) is 35.8 Å². The van der Waals surface area contributed by atoms with E-state index in [9.17, 15) is 18.8 Å². The molecule has 0 spiro atoms. The predicted molar refractivity (Wildman–Crippen MR) is 128 cm³/mol. The molecule has 0 aromatic heterocycles. The van der Waals surface area contributed by atoms with Crippen LogP contribution in [0.3, 0.4) is 0 Å². The smallest absolute Gasteiger partial charge is 0.327 e. The lowest BCUT2D eigenvalue weighted by atomic mass is 9.96. The lowest BCUT2D eigenvalue weighted by molar-refractivity contribution is -0.140. The van der Waals surface area contributed by atoms with E-state index in [0.717, 1.165) is 22.4 Å². The number of fused-ring (bicyclic) bond motifs is 1. The molecule has 2 saturated heterocycles. The SMILES string of the molecule is CN1C(=O)C2C(SCC(=O)NCCc3ccccc3)NC(c3ccc(F)cc3)NC2N(C)C1=O. The highest BCUT2D eigenvalue weighted by molar-refractivity contribution is 8.00. The number of urea groups is 1. The summed E-state index contributed by atoms with van der Waals surface area (Å²) >= 11 is 1.33. The molecule has 4 rings (SSSR count). The van der Waals surface area contributed by atoms with Crippen LogP contribution in [-0.2, 0) is 16.0 Å². The third-order valence-corrected chi connectivity index (χ3v) is 7.35. The van der Waals surface area contributed by atoms with Gasteiger partial charge in [-0.25, -0.2) is 9.18 Å². The third-order valence-electron chi connectivity index (χ3n) is 6.13. The molecule has 0 radical (unpaired) electrons. The van der Waals surface area contributed by atoms with Crippen molar-refractivity contribution in [3.63, 3.8) is 0 Å². The summed E-state index contributed by atoms with van der Waals surface area (Å²) in [5.41, 5.74) is 1.91. The number of hydrogen-bond donors (Lipinski definition) is 3. The predicted octanol–water partition coefficient (Wildman–Crippen LogP) is 1.90. The van der Waals surface area contributed by atoms with E-state index < -0.39 is 29.7 Å². The fraction of sp³-hybridized carbons (Fsp3) is 0.375. The van der Waals surface area contributed by atoms with Crippen molar-refractivity contribution in [3.05, 3.63) is 71.5 Å². The summed E-state index contributed by atoms with van der Waals surface area (Å²) in [6, 6.07) is 15.5. The second kappa shape index (κ2) is 10.5. The molecule has 0 aliphatic carbocycles. The molecule has 180 valence electrons. The van der Waals surface area contributed by atoms with Crippen LogP contribution in [0.25, 0.3) is 0 Å². The van der Waals surface area contributed by atoms with Crippen LogP contribution in [0.15, 0.2) is 54.6 Å². The van der Waals surface area contributed by atoms with Gasteiger partial charge >= 0.3 is 6.03 Å². The number of amides is 4. The van der Waals surface area contributed by atoms with Crippen molar-refractivity contribution in [1.82, 2.24) is 25.8 Å². The van der Waals surface area contributed by atoms with Crippen LogP contribution in [0.4, 0.5) is 9.18 Å². The van der Waals surface area contributed by atoms with Gasteiger partial charge in [0.1, 0.15) is 5.82 Å². The number of nitrogens with zero attached hydrogens (tertiary/aromatic N) is 2. The minimum atomic E-state index is -0.591. The van der Waals surface area contributed by atoms with Gasteiger partial charge in [-0.1, -0.05) is 42.5 Å². The maximum atomic E-state index is 13.4. The number of hydrogen-bond acceptors (Lipinski definition) is 6. The summed E-state index contributed by atoms with van der Waals surface area (Å²) in [7, 11) is 3.10. The normalized spacial score (nSPS) is 24.7. The van der Waals surface area contributed by atoms with E-state index in [1.807, 2.05) is 30.3 Å². The second-order valence-electron chi connectivity index (χ2n) is 8.40. The van der Waals surface area contributed by atoms with Crippen LogP contribution in [0.5, 0.6) is 0 Å². The fourth-order valence-corrected chi connectivity index (χ4v) is 5.39.